The quantitative estimate of drug-likeness (QED) is 0.818. The number of nitrogens with one attached hydrogen (secondary N) is 1. The summed E-state index contributed by atoms with van der Waals surface area (Å²) >= 11 is 0. The third-order valence-electron chi connectivity index (χ3n) is 2.94. The number of anilines is 1. The van der Waals surface area contributed by atoms with Crippen molar-refractivity contribution in [2.45, 2.75) is 31.7 Å². The van der Waals surface area contributed by atoms with Gasteiger partial charge in [-0.3, -0.25) is 4.79 Å². The minimum atomic E-state index is -0.459. The van der Waals surface area contributed by atoms with Crippen LogP contribution in [0.25, 0.3) is 0 Å². The van der Waals surface area contributed by atoms with Gasteiger partial charge in [-0.2, -0.15) is 0 Å². The monoisotopic (exact) mass is 234 g/mol. The van der Waals surface area contributed by atoms with Crippen molar-refractivity contribution in [1.82, 2.24) is 0 Å². The van der Waals surface area contributed by atoms with E-state index in [-0.39, 0.29) is 6.61 Å². The lowest BCUT2D eigenvalue weighted by Crippen LogP contribution is -2.20. The molecular formula is C13H18N2O2. The Morgan fingerprint density at radius 1 is 1.41 bits per heavy atom. The fourth-order valence-corrected chi connectivity index (χ4v) is 2.14. The number of amides is 1. The molecule has 1 aromatic rings. The van der Waals surface area contributed by atoms with Gasteiger partial charge in [0.2, 0.25) is 0 Å². The number of hydrogen-bond acceptors (Lipinski definition) is 3. The maximum atomic E-state index is 10.6. The fraction of sp³-hybridized carbons (Fsp3) is 0.462. The molecule has 0 radical (unpaired) electrons. The van der Waals surface area contributed by atoms with Gasteiger partial charge in [0.25, 0.3) is 5.91 Å². The molecule has 1 saturated carbocycles. The molecule has 0 atom stereocenters. The van der Waals surface area contributed by atoms with Gasteiger partial charge in [-0.25, -0.2) is 0 Å². The van der Waals surface area contributed by atoms with Crippen molar-refractivity contribution >= 4 is 11.6 Å². The number of primary amides is 1. The first-order chi connectivity index (χ1) is 8.24. The highest BCUT2D eigenvalue weighted by Gasteiger charge is 2.14. The number of benzene rings is 1. The van der Waals surface area contributed by atoms with Crippen molar-refractivity contribution in [2.24, 2.45) is 5.73 Å². The predicted octanol–water partition coefficient (Wildman–Crippen LogP) is 1.91. The van der Waals surface area contributed by atoms with E-state index in [9.17, 15) is 4.79 Å². The molecule has 1 amide bonds. The standard InChI is InChI=1S/C13H18N2O2/c14-13(16)9-17-12-7-3-6-11(8-12)15-10-4-1-2-5-10/h3,6-8,10,15H,1-2,4-5,9H2,(H2,14,16). The second-order valence-corrected chi connectivity index (χ2v) is 4.41. The molecule has 0 saturated heterocycles. The maximum Gasteiger partial charge on any atom is 0.255 e. The first kappa shape index (κ1) is 11.8. The molecule has 1 aliphatic carbocycles. The SMILES string of the molecule is NC(=O)COc1cccc(NC2CCCC2)c1. The van der Waals surface area contributed by atoms with E-state index in [1.54, 1.807) is 0 Å². The highest BCUT2D eigenvalue weighted by atomic mass is 16.5. The van der Waals surface area contributed by atoms with E-state index in [1.165, 1.54) is 25.7 Å². The zero-order valence-electron chi connectivity index (χ0n) is 9.82. The van der Waals surface area contributed by atoms with Crippen LogP contribution in [0.15, 0.2) is 24.3 Å². The lowest BCUT2D eigenvalue weighted by atomic mass is 10.2. The Balaban J connectivity index is 1.93. The molecule has 0 heterocycles. The second kappa shape index (κ2) is 5.57. The molecule has 0 aromatic heterocycles. The van der Waals surface area contributed by atoms with Gasteiger partial charge in [0.15, 0.2) is 6.61 Å². The first-order valence-electron chi connectivity index (χ1n) is 6.02. The summed E-state index contributed by atoms with van der Waals surface area (Å²) in [6.07, 6.45) is 5.06. The molecule has 1 aliphatic rings. The van der Waals surface area contributed by atoms with E-state index in [2.05, 4.69) is 5.32 Å². The molecule has 4 nitrogen and oxygen atoms in total. The highest BCUT2D eigenvalue weighted by Crippen LogP contribution is 2.24. The summed E-state index contributed by atoms with van der Waals surface area (Å²) in [5.74, 6) is 0.214. The summed E-state index contributed by atoms with van der Waals surface area (Å²) in [5.41, 5.74) is 6.07. The molecule has 17 heavy (non-hydrogen) atoms. The first-order valence-corrected chi connectivity index (χ1v) is 6.02. The summed E-state index contributed by atoms with van der Waals surface area (Å²) in [5, 5.41) is 3.47. The summed E-state index contributed by atoms with van der Waals surface area (Å²) in [6, 6.07) is 8.22. The molecule has 3 N–H and O–H groups in total. The van der Waals surface area contributed by atoms with Crippen LogP contribution in [0.3, 0.4) is 0 Å². The van der Waals surface area contributed by atoms with Crippen LogP contribution >= 0.6 is 0 Å². The zero-order valence-corrected chi connectivity index (χ0v) is 9.82. The lowest BCUT2D eigenvalue weighted by molar-refractivity contribution is -0.119. The zero-order chi connectivity index (χ0) is 12.1. The Morgan fingerprint density at radius 3 is 2.88 bits per heavy atom. The number of hydrogen-bond donors (Lipinski definition) is 2. The topological polar surface area (TPSA) is 64.4 Å². The van der Waals surface area contributed by atoms with Crippen LogP contribution in [0.1, 0.15) is 25.7 Å². The van der Waals surface area contributed by atoms with Crippen LogP contribution in [0, 0.1) is 0 Å². The number of ether oxygens (including phenoxy) is 1. The minimum absolute atomic E-state index is 0.0765. The molecule has 1 fully saturated rings. The molecule has 0 unspecified atom stereocenters. The summed E-state index contributed by atoms with van der Waals surface area (Å²) in [6.45, 7) is -0.0765. The summed E-state index contributed by atoms with van der Waals surface area (Å²) in [4.78, 5) is 10.6. The van der Waals surface area contributed by atoms with Crippen LogP contribution in [0.4, 0.5) is 5.69 Å². The normalized spacial score (nSPS) is 15.8. The molecule has 1 aromatic carbocycles. The number of nitrogens with two attached hydrogens (primary N) is 1. The number of rotatable bonds is 5. The minimum Gasteiger partial charge on any atom is -0.484 e. The van der Waals surface area contributed by atoms with E-state index in [0.29, 0.717) is 11.8 Å². The molecule has 0 bridgehead atoms. The van der Waals surface area contributed by atoms with Crippen LogP contribution in [-0.2, 0) is 4.79 Å². The van der Waals surface area contributed by atoms with Gasteiger partial charge in [0.1, 0.15) is 5.75 Å². The Kier molecular flexibility index (Phi) is 3.85. The summed E-state index contributed by atoms with van der Waals surface area (Å²) in [7, 11) is 0. The molecule has 0 spiro atoms. The predicted molar refractivity (Wildman–Crippen MR) is 67.0 cm³/mol. The molecule has 0 aliphatic heterocycles. The molecular weight excluding hydrogens is 216 g/mol. The van der Waals surface area contributed by atoms with Gasteiger partial charge in [-0.1, -0.05) is 18.9 Å². The van der Waals surface area contributed by atoms with E-state index in [1.807, 2.05) is 24.3 Å². The average Bonchev–Trinajstić information content (AvgIpc) is 2.80. The maximum absolute atomic E-state index is 10.6. The highest BCUT2D eigenvalue weighted by molar-refractivity contribution is 5.75. The van der Waals surface area contributed by atoms with Gasteiger partial charge in [0, 0.05) is 17.8 Å². The van der Waals surface area contributed by atoms with Gasteiger partial charge in [-0.15, -0.1) is 0 Å². The lowest BCUT2D eigenvalue weighted by Gasteiger charge is -2.14. The Morgan fingerprint density at radius 2 is 2.18 bits per heavy atom. The van der Waals surface area contributed by atoms with E-state index >= 15 is 0 Å². The van der Waals surface area contributed by atoms with Crippen molar-refractivity contribution in [1.29, 1.82) is 0 Å². The Hall–Kier alpha value is -1.71. The van der Waals surface area contributed by atoms with Gasteiger partial charge < -0.3 is 15.8 Å². The van der Waals surface area contributed by atoms with Crippen molar-refractivity contribution in [3.8, 4) is 5.75 Å². The van der Waals surface area contributed by atoms with E-state index in [0.717, 1.165) is 5.69 Å². The van der Waals surface area contributed by atoms with E-state index in [4.69, 9.17) is 10.5 Å². The Bertz CT molecular complexity index is 387. The summed E-state index contributed by atoms with van der Waals surface area (Å²) < 4.78 is 5.26. The molecule has 4 heteroatoms. The number of carbonyl (C=O) groups is 1. The second-order valence-electron chi connectivity index (χ2n) is 4.41. The smallest absolute Gasteiger partial charge is 0.255 e. The fourth-order valence-electron chi connectivity index (χ4n) is 2.14. The van der Waals surface area contributed by atoms with Crippen LogP contribution < -0.4 is 15.8 Å². The average molecular weight is 234 g/mol. The molecule has 92 valence electrons. The van der Waals surface area contributed by atoms with Gasteiger partial charge >= 0.3 is 0 Å². The van der Waals surface area contributed by atoms with Crippen LogP contribution in [0.5, 0.6) is 5.75 Å². The largest absolute Gasteiger partial charge is 0.484 e. The number of carbonyl (C=O) groups excluding carboxylic acids is 1. The van der Waals surface area contributed by atoms with Crippen LogP contribution in [0.2, 0.25) is 0 Å². The Labute approximate surface area is 101 Å². The molecule has 2 rings (SSSR count). The third kappa shape index (κ3) is 3.66. The van der Waals surface area contributed by atoms with Crippen molar-refractivity contribution in [2.75, 3.05) is 11.9 Å². The van der Waals surface area contributed by atoms with E-state index < -0.39 is 5.91 Å². The third-order valence-corrected chi connectivity index (χ3v) is 2.94. The van der Waals surface area contributed by atoms with Gasteiger partial charge in [-0.05, 0) is 25.0 Å². The van der Waals surface area contributed by atoms with Crippen molar-refractivity contribution in [3.63, 3.8) is 0 Å². The van der Waals surface area contributed by atoms with Crippen molar-refractivity contribution < 1.29 is 9.53 Å². The van der Waals surface area contributed by atoms with Gasteiger partial charge in [0.05, 0.1) is 0 Å². The van der Waals surface area contributed by atoms with Crippen LogP contribution in [-0.4, -0.2) is 18.6 Å². The van der Waals surface area contributed by atoms with Crippen molar-refractivity contribution in [3.05, 3.63) is 24.3 Å².